The second-order valence-corrected chi connectivity index (χ2v) is 11.6. The second-order valence-electron chi connectivity index (χ2n) is 7.68. The van der Waals surface area contributed by atoms with Crippen molar-refractivity contribution in [1.29, 1.82) is 0 Å². The zero-order chi connectivity index (χ0) is 22.6. The number of amides is 1. The number of carbonyl (C=O) groups is 1. The number of ether oxygens (including phenoxy) is 1. The Morgan fingerprint density at radius 1 is 1.03 bits per heavy atom. The van der Waals surface area contributed by atoms with E-state index in [2.05, 4.69) is 26.1 Å². The molecule has 0 bridgehead atoms. The number of morpholine rings is 1. The lowest BCUT2D eigenvalue weighted by molar-refractivity contribution is -0.113. The smallest absolute Gasteiger partial charge is 0.243 e. The molecule has 2 aromatic rings. The molecule has 2 heterocycles. The highest BCUT2D eigenvalue weighted by molar-refractivity contribution is 9.10. The zero-order valence-electron chi connectivity index (χ0n) is 17.6. The quantitative estimate of drug-likeness (QED) is 0.539. The maximum Gasteiger partial charge on any atom is 0.243 e. The number of hydrogen-bond donors (Lipinski definition) is 1. The van der Waals surface area contributed by atoms with Crippen LogP contribution in [0.25, 0.3) is 0 Å². The molecule has 0 unspecified atom stereocenters. The SMILES string of the molecule is O=C(CSc1ccc(Br)cc1)Nc1cc(S(=O)(=O)N2CCOCC2)ccc1N1CCCC1. The van der Waals surface area contributed by atoms with E-state index >= 15 is 0 Å². The molecule has 4 rings (SSSR count). The molecular formula is C22H26BrN3O4S2. The van der Waals surface area contributed by atoms with Gasteiger partial charge in [-0.15, -0.1) is 11.8 Å². The maximum absolute atomic E-state index is 13.1. The summed E-state index contributed by atoms with van der Waals surface area (Å²) in [6.07, 6.45) is 2.17. The number of nitrogens with one attached hydrogen (secondary N) is 1. The zero-order valence-corrected chi connectivity index (χ0v) is 20.8. The van der Waals surface area contributed by atoms with Crippen LogP contribution >= 0.6 is 27.7 Å². The number of sulfonamides is 1. The van der Waals surface area contributed by atoms with Crippen molar-refractivity contribution < 1.29 is 17.9 Å². The van der Waals surface area contributed by atoms with Gasteiger partial charge >= 0.3 is 0 Å². The van der Waals surface area contributed by atoms with Gasteiger partial charge in [0.25, 0.3) is 0 Å². The van der Waals surface area contributed by atoms with Crippen molar-refractivity contribution in [3.8, 4) is 0 Å². The summed E-state index contributed by atoms with van der Waals surface area (Å²) in [6, 6.07) is 12.8. The Morgan fingerprint density at radius 2 is 1.72 bits per heavy atom. The largest absolute Gasteiger partial charge is 0.379 e. The molecule has 0 aromatic heterocycles. The summed E-state index contributed by atoms with van der Waals surface area (Å²) in [7, 11) is -3.65. The van der Waals surface area contributed by atoms with E-state index < -0.39 is 10.0 Å². The summed E-state index contributed by atoms with van der Waals surface area (Å²) in [5.41, 5.74) is 1.41. The third-order valence-electron chi connectivity index (χ3n) is 5.48. The van der Waals surface area contributed by atoms with Gasteiger partial charge in [0.05, 0.1) is 35.2 Å². The highest BCUT2D eigenvalue weighted by Crippen LogP contribution is 2.33. The van der Waals surface area contributed by atoms with E-state index in [1.807, 2.05) is 30.3 Å². The van der Waals surface area contributed by atoms with Gasteiger partial charge in [-0.3, -0.25) is 4.79 Å². The Morgan fingerprint density at radius 3 is 2.41 bits per heavy atom. The van der Waals surface area contributed by atoms with Crippen LogP contribution in [0.2, 0.25) is 0 Å². The van der Waals surface area contributed by atoms with E-state index in [0.29, 0.717) is 32.0 Å². The summed E-state index contributed by atoms with van der Waals surface area (Å²) >= 11 is 4.85. The van der Waals surface area contributed by atoms with E-state index in [-0.39, 0.29) is 16.6 Å². The van der Waals surface area contributed by atoms with Crippen molar-refractivity contribution in [2.45, 2.75) is 22.6 Å². The number of halogens is 1. The average molecular weight is 541 g/mol. The lowest BCUT2D eigenvalue weighted by Gasteiger charge is -2.27. The molecule has 10 heteroatoms. The van der Waals surface area contributed by atoms with Gasteiger partial charge in [-0.2, -0.15) is 4.31 Å². The first-order valence-electron chi connectivity index (χ1n) is 10.6. The molecule has 1 amide bonds. The monoisotopic (exact) mass is 539 g/mol. The minimum Gasteiger partial charge on any atom is -0.379 e. The molecule has 2 aliphatic rings. The lowest BCUT2D eigenvalue weighted by atomic mass is 10.2. The van der Waals surface area contributed by atoms with E-state index in [9.17, 15) is 13.2 Å². The summed E-state index contributed by atoms with van der Waals surface area (Å²) < 4.78 is 34.0. The van der Waals surface area contributed by atoms with Crippen LogP contribution < -0.4 is 10.2 Å². The van der Waals surface area contributed by atoms with Gasteiger partial charge in [-0.05, 0) is 55.3 Å². The van der Waals surface area contributed by atoms with Crippen LogP contribution in [0.4, 0.5) is 11.4 Å². The third kappa shape index (κ3) is 5.66. The van der Waals surface area contributed by atoms with Gasteiger partial charge in [0.15, 0.2) is 0 Å². The van der Waals surface area contributed by atoms with Crippen molar-refractivity contribution in [3.63, 3.8) is 0 Å². The number of hydrogen-bond acceptors (Lipinski definition) is 6. The minimum absolute atomic E-state index is 0.167. The van der Waals surface area contributed by atoms with Crippen molar-refractivity contribution in [2.75, 3.05) is 55.4 Å². The van der Waals surface area contributed by atoms with Crippen LogP contribution in [0, 0.1) is 0 Å². The molecule has 32 heavy (non-hydrogen) atoms. The number of thioether (sulfide) groups is 1. The number of anilines is 2. The molecule has 2 saturated heterocycles. The molecule has 1 N–H and O–H groups in total. The Labute approximate surface area is 201 Å². The number of benzene rings is 2. The van der Waals surface area contributed by atoms with Gasteiger partial charge in [-0.25, -0.2) is 8.42 Å². The average Bonchev–Trinajstić information content (AvgIpc) is 3.34. The lowest BCUT2D eigenvalue weighted by Crippen LogP contribution is -2.40. The van der Waals surface area contributed by atoms with E-state index in [1.165, 1.54) is 16.1 Å². The van der Waals surface area contributed by atoms with Gasteiger partial charge in [-0.1, -0.05) is 15.9 Å². The standard InChI is InChI=1S/C22H26BrN3O4S2/c23-17-3-5-18(6-4-17)31-16-22(27)24-20-15-19(7-8-21(20)25-9-1-2-10-25)32(28,29)26-11-13-30-14-12-26/h3-8,15H,1-2,9-14,16H2,(H,24,27). The number of rotatable bonds is 7. The van der Waals surface area contributed by atoms with Crippen LogP contribution in [0.5, 0.6) is 0 Å². The predicted octanol–water partition coefficient (Wildman–Crippen LogP) is 3.80. The third-order valence-corrected chi connectivity index (χ3v) is 8.92. The minimum atomic E-state index is -3.65. The Bertz CT molecular complexity index is 1050. The Balaban J connectivity index is 1.54. The van der Waals surface area contributed by atoms with Crippen molar-refractivity contribution in [1.82, 2.24) is 4.31 Å². The van der Waals surface area contributed by atoms with Crippen LogP contribution in [0.15, 0.2) is 56.7 Å². The van der Waals surface area contributed by atoms with Crippen LogP contribution in [0.1, 0.15) is 12.8 Å². The molecule has 2 fully saturated rings. The molecule has 0 spiro atoms. The van der Waals surface area contributed by atoms with Gasteiger partial charge < -0.3 is 15.0 Å². The van der Waals surface area contributed by atoms with E-state index in [0.717, 1.165) is 41.0 Å². The predicted molar refractivity (Wildman–Crippen MR) is 131 cm³/mol. The van der Waals surface area contributed by atoms with Gasteiger partial charge in [0, 0.05) is 35.5 Å². The molecule has 7 nitrogen and oxygen atoms in total. The fourth-order valence-corrected chi connectivity index (χ4v) is 6.21. The van der Waals surface area contributed by atoms with Crippen LogP contribution in [-0.4, -0.2) is 63.8 Å². The fourth-order valence-electron chi connectivity index (χ4n) is 3.81. The van der Waals surface area contributed by atoms with Crippen molar-refractivity contribution in [3.05, 3.63) is 46.9 Å². The van der Waals surface area contributed by atoms with E-state index in [4.69, 9.17) is 4.74 Å². The van der Waals surface area contributed by atoms with Gasteiger partial charge in [0.2, 0.25) is 15.9 Å². The summed E-state index contributed by atoms with van der Waals surface area (Å²) in [5, 5.41) is 2.97. The summed E-state index contributed by atoms with van der Waals surface area (Å²) in [6.45, 7) is 3.24. The first kappa shape index (κ1) is 23.6. The highest BCUT2D eigenvalue weighted by Gasteiger charge is 2.28. The fraction of sp³-hybridized carbons (Fsp3) is 0.409. The first-order valence-corrected chi connectivity index (χ1v) is 13.8. The molecule has 2 aromatic carbocycles. The molecule has 0 atom stereocenters. The molecule has 0 saturated carbocycles. The van der Waals surface area contributed by atoms with Crippen molar-refractivity contribution >= 4 is 55.0 Å². The topological polar surface area (TPSA) is 79.0 Å². The second kappa shape index (κ2) is 10.6. The van der Waals surface area contributed by atoms with Gasteiger partial charge in [0.1, 0.15) is 0 Å². The normalized spacial score (nSPS) is 17.5. The van der Waals surface area contributed by atoms with E-state index in [1.54, 1.807) is 12.1 Å². The summed E-state index contributed by atoms with van der Waals surface area (Å²) in [5.74, 6) is 0.0703. The number of carbonyl (C=O) groups excluding carboxylic acids is 1. The maximum atomic E-state index is 13.1. The molecule has 0 aliphatic carbocycles. The van der Waals surface area contributed by atoms with Crippen LogP contribution in [-0.2, 0) is 19.6 Å². The Kier molecular flexibility index (Phi) is 7.78. The summed E-state index contributed by atoms with van der Waals surface area (Å²) in [4.78, 5) is 16.1. The molecular weight excluding hydrogens is 514 g/mol. The molecule has 0 radical (unpaired) electrons. The molecule has 172 valence electrons. The Hall–Kier alpha value is -1.59. The van der Waals surface area contributed by atoms with Crippen LogP contribution in [0.3, 0.4) is 0 Å². The number of nitrogens with zero attached hydrogens (tertiary/aromatic N) is 2. The van der Waals surface area contributed by atoms with Crippen molar-refractivity contribution in [2.24, 2.45) is 0 Å². The first-order chi connectivity index (χ1) is 15.4. The highest BCUT2D eigenvalue weighted by atomic mass is 79.9. The molecule has 2 aliphatic heterocycles.